The molecule has 0 saturated carbocycles. The highest BCUT2D eigenvalue weighted by Gasteiger charge is 2.48. The second kappa shape index (κ2) is 4.20. The third-order valence-corrected chi connectivity index (χ3v) is 4.35. The topological polar surface area (TPSA) is 29.5 Å². The quantitative estimate of drug-likeness (QED) is 0.762. The Balaban J connectivity index is 2.73. The minimum absolute atomic E-state index is 0.377. The van der Waals surface area contributed by atoms with Gasteiger partial charge in [-0.2, -0.15) is 0 Å². The molecule has 13 heavy (non-hydrogen) atoms. The first kappa shape index (κ1) is 11.3. The lowest BCUT2D eigenvalue weighted by molar-refractivity contribution is -0.117. The molecule has 1 aliphatic rings. The highest BCUT2D eigenvalue weighted by molar-refractivity contribution is 8.00. The Labute approximate surface area is 85.0 Å². The average Bonchev–Trinajstić information content (AvgIpc) is 2.54. The van der Waals surface area contributed by atoms with E-state index in [1.165, 1.54) is 0 Å². The minimum atomic E-state index is -0.650. The van der Waals surface area contributed by atoms with Crippen molar-refractivity contribution < 1.29 is 9.84 Å². The highest BCUT2D eigenvalue weighted by Crippen LogP contribution is 2.45. The van der Waals surface area contributed by atoms with Gasteiger partial charge in [-0.05, 0) is 19.8 Å². The van der Waals surface area contributed by atoms with E-state index in [1.807, 2.05) is 13.8 Å². The zero-order valence-corrected chi connectivity index (χ0v) is 9.62. The monoisotopic (exact) mass is 204 g/mol. The molecular formula is C10H20O2S. The Hall–Kier alpha value is 0.270. The maximum absolute atomic E-state index is 10.4. The van der Waals surface area contributed by atoms with E-state index in [4.69, 9.17) is 4.74 Å². The van der Waals surface area contributed by atoms with Crippen LogP contribution in [0, 0.1) is 0 Å². The largest absolute Gasteiger partial charge is 0.386 e. The molecule has 0 amide bonds. The van der Waals surface area contributed by atoms with Crippen molar-refractivity contribution in [1.29, 1.82) is 0 Å². The first-order chi connectivity index (χ1) is 6.08. The molecule has 0 aromatic rings. The van der Waals surface area contributed by atoms with Crippen LogP contribution >= 0.6 is 11.8 Å². The summed E-state index contributed by atoms with van der Waals surface area (Å²) >= 11 is 1.74. The number of rotatable bonds is 4. The van der Waals surface area contributed by atoms with Crippen LogP contribution in [-0.4, -0.2) is 28.0 Å². The van der Waals surface area contributed by atoms with Crippen molar-refractivity contribution in [2.75, 3.05) is 12.4 Å². The second-order valence-electron chi connectivity index (χ2n) is 3.78. The van der Waals surface area contributed by atoms with Crippen LogP contribution in [0.5, 0.6) is 0 Å². The van der Waals surface area contributed by atoms with E-state index in [1.54, 1.807) is 11.8 Å². The fourth-order valence-electron chi connectivity index (χ4n) is 1.92. The van der Waals surface area contributed by atoms with E-state index in [0.717, 1.165) is 31.6 Å². The van der Waals surface area contributed by atoms with Crippen molar-refractivity contribution in [3.63, 3.8) is 0 Å². The smallest absolute Gasteiger partial charge is 0.139 e. The second-order valence-corrected chi connectivity index (χ2v) is 5.25. The summed E-state index contributed by atoms with van der Waals surface area (Å²) in [4.78, 5) is -0.377. The van der Waals surface area contributed by atoms with E-state index < -0.39 is 5.60 Å². The molecule has 0 aromatic heterocycles. The molecule has 1 saturated heterocycles. The van der Waals surface area contributed by atoms with Gasteiger partial charge in [0.1, 0.15) is 10.5 Å². The Morgan fingerprint density at radius 1 is 1.54 bits per heavy atom. The first-order valence-electron chi connectivity index (χ1n) is 5.08. The number of aliphatic hydroxyl groups is 1. The predicted molar refractivity (Wildman–Crippen MR) is 57.0 cm³/mol. The van der Waals surface area contributed by atoms with Crippen LogP contribution in [0.2, 0.25) is 0 Å². The maximum Gasteiger partial charge on any atom is 0.139 e. The Bertz CT molecular complexity index is 166. The lowest BCUT2D eigenvalue weighted by atomic mass is 9.89. The van der Waals surface area contributed by atoms with Gasteiger partial charge in [-0.15, -0.1) is 11.8 Å². The molecule has 2 unspecified atom stereocenters. The normalized spacial score (nSPS) is 33.2. The van der Waals surface area contributed by atoms with Gasteiger partial charge >= 0.3 is 0 Å². The molecule has 0 spiro atoms. The maximum atomic E-state index is 10.4. The molecule has 1 N–H and O–H groups in total. The van der Waals surface area contributed by atoms with Crippen LogP contribution in [-0.2, 0) is 4.74 Å². The fourth-order valence-corrected chi connectivity index (χ4v) is 3.16. The summed E-state index contributed by atoms with van der Waals surface area (Å²) in [5.74, 6) is 1.00. The van der Waals surface area contributed by atoms with E-state index in [0.29, 0.717) is 0 Å². The van der Waals surface area contributed by atoms with E-state index in [2.05, 4.69) is 6.92 Å². The molecule has 2 nitrogen and oxygen atoms in total. The third kappa shape index (κ3) is 2.03. The van der Waals surface area contributed by atoms with Gasteiger partial charge in [0.2, 0.25) is 0 Å². The van der Waals surface area contributed by atoms with Gasteiger partial charge in [0, 0.05) is 5.75 Å². The molecule has 0 aromatic carbocycles. The standard InChI is InChI=1S/C10H20O2S/c1-4-6-10(11,5-2)9(3)12-7-8-13-9/h11H,4-8H2,1-3H3. The Morgan fingerprint density at radius 2 is 2.23 bits per heavy atom. The number of hydrogen-bond donors (Lipinski definition) is 1. The summed E-state index contributed by atoms with van der Waals surface area (Å²) in [6.45, 7) is 6.92. The van der Waals surface area contributed by atoms with Crippen molar-refractivity contribution in [1.82, 2.24) is 0 Å². The molecule has 0 bridgehead atoms. The number of ether oxygens (including phenoxy) is 1. The molecule has 0 aliphatic carbocycles. The summed E-state index contributed by atoms with van der Waals surface area (Å²) in [5.41, 5.74) is -0.650. The highest BCUT2D eigenvalue weighted by atomic mass is 32.2. The summed E-state index contributed by atoms with van der Waals surface area (Å²) in [5, 5.41) is 10.4. The molecule has 78 valence electrons. The van der Waals surface area contributed by atoms with Crippen LogP contribution < -0.4 is 0 Å². The lowest BCUT2D eigenvalue weighted by Crippen LogP contribution is -2.49. The molecule has 1 fully saturated rings. The van der Waals surface area contributed by atoms with Gasteiger partial charge in [-0.3, -0.25) is 0 Å². The van der Waals surface area contributed by atoms with Crippen molar-refractivity contribution in [3.05, 3.63) is 0 Å². The van der Waals surface area contributed by atoms with Crippen molar-refractivity contribution in [2.45, 2.75) is 50.6 Å². The van der Waals surface area contributed by atoms with Crippen molar-refractivity contribution in [2.24, 2.45) is 0 Å². The van der Waals surface area contributed by atoms with Crippen LogP contribution in [0.1, 0.15) is 40.0 Å². The lowest BCUT2D eigenvalue weighted by Gasteiger charge is -2.40. The van der Waals surface area contributed by atoms with Gasteiger partial charge in [-0.1, -0.05) is 20.3 Å². The molecule has 1 heterocycles. The predicted octanol–water partition coefficient (Wildman–Crippen LogP) is 2.41. The van der Waals surface area contributed by atoms with Crippen molar-refractivity contribution in [3.8, 4) is 0 Å². The zero-order valence-electron chi connectivity index (χ0n) is 8.80. The summed E-state index contributed by atoms with van der Waals surface area (Å²) < 4.78 is 5.66. The molecule has 1 aliphatic heterocycles. The molecule has 1 rings (SSSR count). The summed E-state index contributed by atoms with van der Waals surface area (Å²) in [6, 6.07) is 0. The average molecular weight is 204 g/mol. The van der Waals surface area contributed by atoms with Gasteiger partial charge in [0.25, 0.3) is 0 Å². The molecule has 3 heteroatoms. The van der Waals surface area contributed by atoms with Gasteiger partial charge in [-0.25, -0.2) is 0 Å². The summed E-state index contributed by atoms with van der Waals surface area (Å²) in [6.07, 6.45) is 2.60. The number of hydrogen-bond acceptors (Lipinski definition) is 3. The minimum Gasteiger partial charge on any atom is -0.386 e. The van der Waals surface area contributed by atoms with E-state index >= 15 is 0 Å². The SMILES string of the molecule is CCCC(O)(CC)C1(C)OCCS1. The Morgan fingerprint density at radius 3 is 2.62 bits per heavy atom. The van der Waals surface area contributed by atoms with Gasteiger partial charge in [0.15, 0.2) is 0 Å². The van der Waals surface area contributed by atoms with Gasteiger partial charge < -0.3 is 9.84 Å². The van der Waals surface area contributed by atoms with Crippen LogP contribution in [0.3, 0.4) is 0 Å². The van der Waals surface area contributed by atoms with Crippen molar-refractivity contribution >= 4 is 11.8 Å². The van der Waals surface area contributed by atoms with Crippen LogP contribution in [0.25, 0.3) is 0 Å². The fraction of sp³-hybridized carbons (Fsp3) is 1.00. The zero-order chi connectivity index (χ0) is 9.95. The summed E-state index contributed by atoms with van der Waals surface area (Å²) in [7, 11) is 0. The van der Waals surface area contributed by atoms with Crippen LogP contribution in [0.4, 0.5) is 0 Å². The Kier molecular flexibility index (Phi) is 3.66. The van der Waals surface area contributed by atoms with Crippen LogP contribution in [0.15, 0.2) is 0 Å². The molecular weight excluding hydrogens is 184 g/mol. The number of thioether (sulfide) groups is 1. The first-order valence-corrected chi connectivity index (χ1v) is 6.07. The van der Waals surface area contributed by atoms with E-state index in [-0.39, 0.29) is 4.93 Å². The third-order valence-electron chi connectivity index (χ3n) is 2.93. The molecule has 2 atom stereocenters. The molecule has 0 radical (unpaired) electrons. The van der Waals surface area contributed by atoms with E-state index in [9.17, 15) is 5.11 Å². The van der Waals surface area contributed by atoms with Gasteiger partial charge in [0.05, 0.1) is 6.61 Å².